The lowest BCUT2D eigenvalue weighted by molar-refractivity contribution is 0.0895. The Kier molecular flexibility index (Phi) is 5.49. The molecule has 1 saturated heterocycles. The maximum atomic E-state index is 12.8. The van der Waals surface area contributed by atoms with E-state index in [1.807, 2.05) is 6.07 Å². The van der Waals surface area contributed by atoms with E-state index in [1.165, 1.54) is 5.56 Å². The van der Waals surface area contributed by atoms with Crippen molar-refractivity contribution in [2.45, 2.75) is 32.2 Å². The number of aldehydes is 2. The second-order valence-electron chi connectivity index (χ2n) is 8.08. The lowest BCUT2D eigenvalue weighted by Crippen LogP contribution is -2.34. The molecule has 0 radical (unpaired) electrons. The standard InChI is InChI=1S/C24H25NO3/c26-15-21-12-19-11-20(24(28)23(19)13-22(21)16-27)10-17-6-8-25(9-7-17)14-18-4-2-1-3-5-18/h1-5,12-13,15-17,20H,6-11,14H2. The summed E-state index contributed by atoms with van der Waals surface area (Å²) in [6.07, 6.45) is 5.19. The van der Waals surface area contributed by atoms with Crippen LogP contribution in [-0.2, 0) is 13.0 Å². The van der Waals surface area contributed by atoms with Crippen molar-refractivity contribution in [1.29, 1.82) is 0 Å². The average molecular weight is 375 g/mol. The largest absolute Gasteiger partial charge is 0.299 e. The molecule has 2 aliphatic rings. The maximum Gasteiger partial charge on any atom is 0.166 e. The highest BCUT2D eigenvalue weighted by Crippen LogP contribution is 2.35. The summed E-state index contributed by atoms with van der Waals surface area (Å²) >= 11 is 0. The number of likely N-dealkylation sites (tertiary alicyclic amines) is 1. The van der Waals surface area contributed by atoms with Gasteiger partial charge in [0.05, 0.1) is 0 Å². The first-order valence-corrected chi connectivity index (χ1v) is 10.1. The number of ketones is 1. The van der Waals surface area contributed by atoms with Crippen molar-refractivity contribution in [2.24, 2.45) is 11.8 Å². The van der Waals surface area contributed by atoms with E-state index in [0.717, 1.165) is 44.5 Å². The summed E-state index contributed by atoms with van der Waals surface area (Å²) in [7, 11) is 0. The van der Waals surface area contributed by atoms with Crippen LogP contribution in [0.3, 0.4) is 0 Å². The van der Waals surface area contributed by atoms with E-state index in [2.05, 4.69) is 29.2 Å². The summed E-state index contributed by atoms with van der Waals surface area (Å²) in [6.45, 7) is 3.13. The zero-order valence-electron chi connectivity index (χ0n) is 16.0. The van der Waals surface area contributed by atoms with Gasteiger partial charge in [0.2, 0.25) is 0 Å². The van der Waals surface area contributed by atoms with Crippen LogP contribution in [-0.4, -0.2) is 36.3 Å². The summed E-state index contributed by atoms with van der Waals surface area (Å²) < 4.78 is 0. The molecule has 4 heteroatoms. The third kappa shape index (κ3) is 3.83. The Balaban J connectivity index is 1.35. The fourth-order valence-corrected chi connectivity index (χ4v) is 4.68. The normalized spacial score (nSPS) is 20.1. The van der Waals surface area contributed by atoms with E-state index in [-0.39, 0.29) is 11.7 Å². The van der Waals surface area contributed by atoms with E-state index in [9.17, 15) is 14.4 Å². The second kappa shape index (κ2) is 8.19. The van der Waals surface area contributed by atoms with E-state index >= 15 is 0 Å². The fourth-order valence-electron chi connectivity index (χ4n) is 4.68. The molecule has 0 spiro atoms. The zero-order valence-corrected chi connectivity index (χ0v) is 16.0. The Morgan fingerprint density at radius 3 is 2.32 bits per heavy atom. The zero-order chi connectivity index (χ0) is 19.5. The van der Waals surface area contributed by atoms with Gasteiger partial charge < -0.3 is 0 Å². The van der Waals surface area contributed by atoms with Crippen LogP contribution >= 0.6 is 0 Å². The van der Waals surface area contributed by atoms with Crippen LogP contribution in [0.5, 0.6) is 0 Å². The molecule has 0 N–H and O–H groups in total. The van der Waals surface area contributed by atoms with Crippen LogP contribution in [0.25, 0.3) is 0 Å². The van der Waals surface area contributed by atoms with Crippen molar-refractivity contribution in [1.82, 2.24) is 4.90 Å². The first-order valence-electron chi connectivity index (χ1n) is 10.1. The van der Waals surface area contributed by atoms with Crippen LogP contribution in [0.15, 0.2) is 42.5 Å². The molecule has 144 valence electrons. The summed E-state index contributed by atoms with van der Waals surface area (Å²) in [5, 5.41) is 0. The Bertz CT molecular complexity index is 882. The van der Waals surface area contributed by atoms with Crippen molar-refractivity contribution in [3.05, 3.63) is 70.3 Å². The van der Waals surface area contributed by atoms with E-state index in [1.54, 1.807) is 12.1 Å². The van der Waals surface area contributed by atoms with Gasteiger partial charge in [0.1, 0.15) is 0 Å². The fraction of sp³-hybridized carbons (Fsp3) is 0.375. The van der Waals surface area contributed by atoms with Gasteiger partial charge in [0.15, 0.2) is 18.4 Å². The van der Waals surface area contributed by atoms with Crippen molar-refractivity contribution >= 4 is 18.4 Å². The van der Waals surface area contributed by atoms with Gasteiger partial charge in [0.25, 0.3) is 0 Å². The van der Waals surface area contributed by atoms with E-state index in [4.69, 9.17) is 0 Å². The third-order valence-electron chi connectivity index (χ3n) is 6.24. The Hall–Kier alpha value is -2.59. The molecule has 0 bridgehead atoms. The van der Waals surface area contributed by atoms with Gasteiger partial charge in [-0.25, -0.2) is 0 Å². The summed E-state index contributed by atoms with van der Waals surface area (Å²) in [5.74, 6) is 0.690. The molecule has 28 heavy (non-hydrogen) atoms. The summed E-state index contributed by atoms with van der Waals surface area (Å²) in [6, 6.07) is 13.9. The monoisotopic (exact) mass is 375 g/mol. The number of carbonyl (C=O) groups excluding carboxylic acids is 3. The highest BCUT2D eigenvalue weighted by Gasteiger charge is 2.34. The first-order chi connectivity index (χ1) is 13.7. The average Bonchev–Trinajstić information content (AvgIpc) is 3.03. The number of benzene rings is 2. The number of hydrogen-bond acceptors (Lipinski definition) is 4. The molecule has 1 aliphatic carbocycles. The molecular weight excluding hydrogens is 350 g/mol. The minimum absolute atomic E-state index is 0.0120. The maximum absolute atomic E-state index is 12.8. The van der Waals surface area contributed by atoms with Crippen LogP contribution < -0.4 is 0 Å². The Morgan fingerprint density at radius 2 is 1.64 bits per heavy atom. The molecule has 4 rings (SSSR count). The predicted octanol–water partition coefficient (Wildman–Crippen LogP) is 3.97. The molecule has 1 heterocycles. The molecular formula is C24H25NO3. The Morgan fingerprint density at radius 1 is 0.964 bits per heavy atom. The number of carbonyl (C=O) groups is 3. The van der Waals surface area contributed by atoms with Crippen LogP contribution in [0.2, 0.25) is 0 Å². The first kappa shape index (κ1) is 18.8. The van der Waals surface area contributed by atoms with Gasteiger partial charge in [0, 0.05) is 29.2 Å². The molecule has 1 aliphatic heterocycles. The van der Waals surface area contributed by atoms with Crippen molar-refractivity contribution in [3.63, 3.8) is 0 Å². The van der Waals surface area contributed by atoms with Crippen LogP contribution in [0, 0.1) is 11.8 Å². The topological polar surface area (TPSA) is 54.5 Å². The molecule has 2 aromatic carbocycles. The molecule has 0 amide bonds. The Labute approximate surface area is 165 Å². The SMILES string of the molecule is O=Cc1cc2c(cc1C=O)C(=O)C(CC1CCN(Cc3ccccc3)CC1)C2. The summed E-state index contributed by atoms with van der Waals surface area (Å²) in [4.78, 5) is 37.7. The van der Waals surface area contributed by atoms with E-state index in [0.29, 0.717) is 41.6 Å². The van der Waals surface area contributed by atoms with Crippen molar-refractivity contribution in [3.8, 4) is 0 Å². The predicted molar refractivity (Wildman–Crippen MR) is 108 cm³/mol. The van der Waals surface area contributed by atoms with Gasteiger partial charge in [-0.1, -0.05) is 30.3 Å². The van der Waals surface area contributed by atoms with Gasteiger partial charge >= 0.3 is 0 Å². The number of Topliss-reactive ketones (excluding diaryl/α,β-unsaturated/α-hetero) is 1. The number of piperidine rings is 1. The van der Waals surface area contributed by atoms with Gasteiger partial charge in [-0.3, -0.25) is 19.3 Å². The minimum Gasteiger partial charge on any atom is -0.299 e. The summed E-state index contributed by atoms with van der Waals surface area (Å²) in [5.41, 5.74) is 3.61. The van der Waals surface area contributed by atoms with Crippen LogP contribution in [0.4, 0.5) is 0 Å². The lowest BCUT2D eigenvalue weighted by atomic mass is 9.85. The highest BCUT2D eigenvalue weighted by atomic mass is 16.1. The van der Waals surface area contributed by atoms with Gasteiger partial charge in [-0.2, -0.15) is 0 Å². The molecule has 1 atom stereocenters. The number of nitrogens with zero attached hydrogens (tertiary/aromatic N) is 1. The molecule has 1 unspecified atom stereocenters. The van der Waals surface area contributed by atoms with Gasteiger partial charge in [-0.15, -0.1) is 0 Å². The molecule has 4 nitrogen and oxygen atoms in total. The van der Waals surface area contributed by atoms with Crippen LogP contribution in [0.1, 0.15) is 61.5 Å². The number of hydrogen-bond donors (Lipinski definition) is 0. The van der Waals surface area contributed by atoms with E-state index < -0.39 is 0 Å². The number of rotatable bonds is 6. The molecule has 0 saturated carbocycles. The number of fused-ring (bicyclic) bond motifs is 1. The third-order valence-corrected chi connectivity index (χ3v) is 6.24. The van der Waals surface area contributed by atoms with Gasteiger partial charge in [-0.05, 0) is 68.0 Å². The molecule has 2 aromatic rings. The molecule has 0 aromatic heterocycles. The minimum atomic E-state index is -0.0120. The van der Waals surface area contributed by atoms with Crippen molar-refractivity contribution in [2.75, 3.05) is 13.1 Å². The second-order valence-corrected chi connectivity index (χ2v) is 8.08. The highest BCUT2D eigenvalue weighted by molar-refractivity contribution is 6.05. The molecule has 1 fully saturated rings. The lowest BCUT2D eigenvalue weighted by Gasteiger charge is -2.32. The van der Waals surface area contributed by atoms with Crippen molar-refractivity contribution < 1.29 is 14.4 Å². The smallest absolute Gasteiger partial charge is 0.166 e. The quantitative estimate of drug-likeness (QED) is 0.717.